The maximum absolute atomic E-state index is 12.7. The second-order valence-corrected chi connectivity index (χ2v) is 19.9. The predicted molar refractivity (Wildman–Crippen MR) is 280 cm³/mol. The summed E-state index contributed by atoms with van der Waals surface area (Å²) in [6.45, 7) is 6.64. The first kappa shape index (κ1) is 63.1. The van der Waals surface area contributed by atoms with E-state index >= 15 is 0 Å². The van der Waals surface area contributed by atoms with Crippen LogP contribution in [0.5, 0.6) is 0 Å². The molecule has 0 spiro atoms. The molecule has 384 valence electrons. The number of unbranched alkanes of at least 4 members (excludes halogenated alkanes) is 41. The van der Waals surface area contributed by atoms with E-state index in [0.717, 1.165) is 57.8 Å². The van der Waals surface area contributed by atoms with Gasteiger partial charge in [0.2, 0.25) is 0 Å². The molecule has 0 N–H and O–H groups in total. The summed E-state index contributed by atoms with van der Waals surface area (Å²) in [5, 5.41) is 0. The summed E-state index contributed by atoms with van der Waals surface area (Å²) < 4.78 is 16.8. The van der Waals surface area contributed by atoms with Crippen LogP contribution in [0.1, 0.15) is 329 Å². The maximum atomic E-state index is 12.7. The molecule has 6 nitrogen and oxygen atoms in total. The summed E-state index contributed by atoms with van der Waals surface area (Å²) in [6.07, 6.45) is 62.5. The van der Waals surface area contributed by atoms with Gasteiger partial charge in [-0.3, -0.25) is 14.4 Å². The quantitative estimate of drug-likeness (QED) is 0.0262. The molecule has 0 aromatic heterocycles. The molecule has 0 aromatic rings. The average Bonchev–Trinajstić information content (AvgIpc) is 3.30. The summed E-state index contributed by atoms with van der Waals surface area (Å²) in [4.78, 5) is 37.8. The van der Waals surface area contributed by atoms with Gasteiger partial charge in [-0.1, -0.05) is 277 Å². The first-order valence-electron chi connectivity index (χ1n) is 29.2. The molecular weight excluding hydrogens is 805 g/mol. The lowest BCUT2D eigenvalue weighted by molar-refractivity contribution is -0.167. The smallest absolute Gasteiger partial charge is 0.306 e. The van der Waals surface area contributed by atoms with Crippen molar-refractivity contribution in [3.63, 3.8) is 0 Å². The van der Waals surface area contributed by atoms with Crippen molar-refractivity contribution in [1.82, 2.24) is 0 Å². The highest BCUT2D eigenvalue weighted by Crippen LogP contribution is 2.17. The number of ether oxygens (including phenoxy) is 3. The van der Waals surface area contributed by atoms with Gasteiger partial charge in [0.15, 0.2) is 6.10 Å². The van der Waals surface area contributed by atoms with Crippen molar-refractivity contribution < 1.29 is 28.6 Å². The molecule has 0 heterocycles. The zero-order valence-electron chi connectivity index (χ0n) is 44.0. The van der Waals surface area contributed by atoms with E-state index in [0.29, 0.717) is 19.3 Å². The van der Waals surface area contributed by atoms with E-state index in [4.69, 9.17) is 14.2 Å². The van der Waals surface area contributed by atoms with Crippen LogP contribution in [0.3, 0.4) is 0 Å². The molecule has 1 unspecified atom stereocenters. The van der Waals surface area contributed by atoms with Gasteiger partial charge in [0.05, 0.1) is 0 Å². The van der Waals surface area contributed by atoms with Gasteiger partial charge >= 0.3 is 17.9 Å². The standard InChI is InChI=1S/C59H112O6/c1-4-7-10-13-16-19-20-21-22-23-24-25-26-27-28-29-30-31-32-33-34-35-36-37-38-41-43-46-49-52-58(61)64-55-56(65-59(62)53-50-47-44-40-18-15-12-9-6-3)54-63-57(60)51-48-45-42-39-17-14-11-8-5-2/h23-24,56H,4-22,25-55H2,1-3H3/b24-23-. The third-order valence-corrected chi connectivity index (χ3v) is 13.3. The van der Waals surface area contributed by atoms with Gasteiger partial charge in [-0.2, -0.15) is 0 Å². The van der Waals surface area contributed by atoms with Crippen LogP contribution < -0.4 is 0 Å². The van der Waals surface area contributed by atoms with E-state index in [1.54, 1.807) is 0 Å². The average molecular weight is 918 g/mol. The number of hydrogen-bond acceptors (Lipinski definition) is 6. The summed E-state index contributed by atoms with van der Waals surface area (Å²) in [5.41, 5.74) is 0. The minimum Gasteiger partial charge on any atom is -0.462 e. The van der Waals surface area contributed by atoms with E-state index in [1.807, 2.05) is 0 Å². The summed E-state index contributed by atoms with van der Waals surface area (Å²) in [5.74, 6) is -0.851. The fourth-order valence-corrected chi connectivity index (χ4v) is 8.85. The van der Waals surface area contributed by atoms with E-state index < -0.39 is 6.10 Å². The molecule has 0 aliphatic rings. The minimum absolute atomic E-state index is 0.0641. The lowest BCUT2D eigenvalue weighted by Crippen LogP contribution is -2.30. The van der Waals surface area contributed by atoms with Crippen molar-refractivity contribution in [1.29, 1.82) is 0 Å². The molecule has 0 radical (unpaired) electrons. The second-order valence-electron chi connectivity index (χ2n) is 19.9. The molecule has 6 heteroatoms. The highest BCUT2D eigenvalue weighted by Gasteiger charge is 2.19. The lowest BCUT2D eigenvalue weighted by Gasteiger charge is -2.18. The first-order valence-corrected chi connectivity index (χ1v) is 29.2. The third-order valence-electron chi connectivity index (χ3n) is 13.3. The van der Waals surface area contributed by atoms with Gasteiger partial charge in [-0.15, -0.1) is 0 Å². The molecule has 65 heavy (non-hydrogen) atoms. The molecule has 0 rings (SSSR count). The van der Waals surface area contributed by atoms with E-state index in [-0.39, 0.29) is 31.1 Å². The monoisotopic (exact) mass is 917 g/mol. The number of carbonyl (C=O) groups is 3. The van der Waals surface area contributed by atoms with E-state index in [2.05, 4.69) is 32.9 Å². The summed E-state index contributed by atoms with van der Waals surface area (Å²) in [6, 6.07) is 0. The molecule has 0 aliphatic heterocycles. The first-order chi connectivity index (χ1) is 32.0. The number of allylic oxidation sites excluding steroid dienone is 2. The van der Waals surface area contributed by atoms with Crippen molar-refractivity contribution in [2.45, 2.75) is 335 Å². The second kappa shape index (κ2) is 54.8. The molecule has 0 fully saturated rings. The van der Waals surface area contributed by atoms with Gasteiger partial charge in [0.1, 0.15) is 13.2 Å². The Morgan fingerprint density at radius 2 is 0.508 bits per heavy atom. The van der Waals surface area contributed by atoms with Crippen molar-refractivity contribution >= 4 is 17.9 Å². The van der Waals surface area contributed by atoms with E-state index in [9.17, 15) is 14.4 Å². The minimum atomic E-state index is -0.760. The van der Waals surface area contributed by atoms with Crippen LogP contribution in [0.4, 0.5) is 0 Å². The van der Waals surface area contributed by atoms with Crippen LogP contribution >= 0.6 is 0 Å². The van der Waals surface area contributed by atoms with Crippen molar-refractivity contribution in [2.24, 2.45) is 0 Å². The fourth-order valence-electron chi connectivity index (χ4n) is 8.85. The van der Waals surface area contributed by atoms with Crippen LogP contribution in [-0.4, -0.2) is 37.2 Å². The van der Waals surface area contributed by atoms with Crippen LogP contribution in [0, 0.1) is 0 Å². The molecule has 1 atom stereocenters. The normalized spacial score (nSPS) is 12.0. The summed E-state index contributed by atoms with van der Waals surface area (Å²) in [7, 11) is 0. The zero-order chi connectivity index (χ0) is 47.2. The van der Waals surface area contributed by atoms with Gasteiger partial charge in [-0.05, 0) is 44.9 Å². The third kappa shape index (κ3) is 53.0. The van der Waals surface area contributed by atoms with Gasteiger partial charge < -0.3 is 14.2 Å². The molecule has 0 bridgehead atoms. The Morgan fingerprint density at radius 3 is 0.769 bits per heavy atom. The lowest BCUT2D eigenvalue weighted by atomic mass is 10.0. The van der Waals surface area contributed by atoms with Crippen LogP contribution in [-0.2, 0) is 28.6 Å². The number of hydrogen-bond donors (Lipinski definition) is 0. The van der Waals surface area contributed by atoms with Gasteiger partial charge in [0.25, 0.3) is 0 Å². The largest absolute Gasteiger partial charge is 0.462 e. The number of esters is 3. The zero-order valence-corrected chi connectivity index (χ0v) is 44.0. The number of rotatable bonds is 54. The van der Waals surface area contributed by atoms with Crippen molar-refractivity contribution in [2.75, 3.05) is 13.2 Å². The van der Waals surface area contributed by atoms with Gasteiger partial charge in [-0.25, -0.2) is 0 Å². The van der Waals surface area contributed by atoms with Crippen molar-refractivity contribution in [3.05, 3.63) is 12.2 Å². The van der Waals surface area contributed by atoms with Crippen LogP contribution in [0.2, 0.25) is 0 Å². The SMILES string of the molecule is CCCCCCCCCC/C=C\CCCCCCCCCCCCCCCCCCCC(=O)OCC(COC(=O)CCCCCCCCCCC)OC(=O)CCCCCCCCCCC. The molecule has 0 saturated carbocycles. The maximum Gasteiger partial charge on any atom is 0.306 e. The Hall–Kier alpha value is -1.85. The Kier molecular flexibility index (Phi) is 53.2. The molecular formula is C59H112O6. The van der Waals surface area contributed by atoms with Crippen molar-refractivity contribution in [3.8, 4) is 0 Å². The Labute approximate surface area is 405 Å². The highest BCUT2D eigenvalue weighted by atomic mass is 16.6. The van der Waals surface area contributed by atoms with Gasteiger partial charge in [0, 0.05) is 19.3 Å². The molecule has 0 amide bonds. The highest BCUT2D eigenvalue weighted by molar-refractivity contribution is 5.71. The molecule has 0 aromatic carbocycles. The molecule has 0 aliphatic carbocycles. The predicted octanol–water partition coefficient (Wildman–Crippen LogP) is 19.3. The van der Waals surface area contributed by atoms with Crippen LogP contribution in [0.15, 0.2) is 12.2 Å². The molecule has 0 saturated heterocycles. The van der Waals surface area contributed by atoms with Crippen LogP contribution in [0.25, 0.3) is 0 Å². The topological polar surface area (TPSA) is 78.9 Å². The Bertz CT molecular complexity index is 1010. The fraction of sp³-hybridized carbons (Fsp3) is 0.915. The Morgan fingerprint density at radius 1 is 0.292 bits per heavy atom. The number of carbonyl (C=O) groups excluding carboxylic acids is 3. The van der Waals surface area contributed by atoms with E-state index in [1.165, 1.54) is 231 Å². The Balaban J connectivity index is 3.96. The summed E-state index contributed by atoms with van der Waals surface area (Å²) >= 11 is 0.